The van der Waals surface area contributed by atoms with Gasteiger partial charge in [-0.25, -0.2) is 0 Å². The zero-order valence-electron chi connectivity index (χ0n) is 14.3. The number of allylic oxidation sites excluding steroid dienone is 2. The van der Waals surface area contributed by atoms with Gasteiger partial charge in [-0.1, -0.05) is 11.6 Å². The van der Waals surface area contributed by atoms with Crippen LogP contribution in [0.25, 0.3) is 0 Å². The standard InChI is InChI=1S/C18H17ClN2O5/c1-9-15(18(23)26-2)16(17-13(20-9)4-3-5-14(17)22)11-8-10(21(24)25)6-7-12(11)19/h6-8,15-16H,3-5H2,1-2H3/t15?,16-/m1/s1. The number of ketones is 1. The number of nitrogens with zero attached hydrogens (tertiary/aromatic N) is 2. The van der Waals surface area contributed by atoms with Crippen LogP contribution in [0.5, 0.6) is 0 Å². The number of Topliss-reactive ketones (excluding diaryl/α,β-unsaturated/α-hetero) is 1. The molecule has 0 N–H and O–H groups in total. The molecule has 0 amide bonds. The van der Waals surface area contributed by atoms with Crippen molar-refractivity contribution in [1.82, 2.24) is 0 Å². The first kappa shape index (κ1) is 18.3. The second-order valence-corrected chi connectivity index (χ2v) is 6.74. The summed E-state index contributed by atoms with van der Waals surface area (Å²) in [7, 11) is 1.26. The largest absolute Gasteiger partial charge is 0.468 e. The van der Waals surface area contributed by atoms with Crippen molar-refractivity contribution < 1.29 is 19.2 Å². The number of benzene rings is 1. The van der Waals surface area contributed by atoms with Crippen molar-refractivity contribution >= 4 is 34.8 Å². The van der Waals surface area contributed by atoms with Crippen LogP contribution < -0.4 is 0 Å². The molecular weight excluding hydrogens is 360 g/mol. The van der Waals surface area contributed by atoms with Crippen molar-refractivity contribution in [3.8, 4) is 0 Å². The smallest absolute Gasteiger partial charge is 0.315 e. The van der Waals surface area contributed by atoms with Crippen LogP contribution in [0.3, 0.4) is 0 Å². The number of hydrogen-bond acceptors (Lipinski definition) is 6. The van der Waals surface area contributed by atoms with E-state index in [2.05, 4.69) is 4.99 Å². The summed E-state index contributed by atoms with van der Waals surface area (Å²) in [5, 5.41) is 11.5. The summed E-state index contributed by atoms with van der Waals surface area (Å²) in [5.41, 5.74) is 1.77. The molecule has 1 unspecified atom stereocenters. The first-order valence-corrected chi connectivity index (χ1v) is 8.56. The Morgan fingerprint density at radius 2 is 2.12 bits per heavy atom. The van der Waals surface area contributed by atoms with Gasteiger partial charge < -0.3 is 4.74 Å². The van der Waals surface area contributed by atoms with Crippen molar-refractivity contribution in [3.63, 3.8) is 0 Å². The number of rotatable bonds is 3. The summed E-state index contributed by atoms with van der Waals surface area (Å²) in [4.78, 5) is 40.2. The fourth-order valence-corrected chi connectivity index (χ4v) is 3.89. The predicted octanol–water partition coefficient (Wildman–Crippen LogP) is 3.60. The van der Waals surface area contributed by atoms with E-state index in [0.29, 0.717) is 41.8 Å². The number of aliphatic imine (C=N–C) groups is 1. The molecule has 1 heterocycles. The first-order valence-electron chi connectivity index (χ1n) is 8.18. The van der Waals surface area contributed by atoms with Gasteiger partial charge in [0.1, 0.15) is 5.92 Å². The monoisotopic (exact) mass is 376 g/mol. The van der Waals surface area contributed by atoms with Crippen molar-refractivity contribution in [1.29, 1.82) is 0 Å². The Morgan fingerprint density at radius 1 is 1.38 bits per heavy atom. The molecule has 0 radical (unpaired) electrons. The summed E-state index contributed by atoms with van der Waals surface area (Å²) >= 11 is 6.33. The van der Waals surface area contributed by atoms with E-state index in [1.807, 2.05) is 0 Å². The first-order chi connectivity index (χ1) is 12.3. The fraction of sp³-hybridized carbons (Fsp3) is 0.389. The number of nitro benzene ring substituents is 1. The molecule has 0 aromatic heterocycles. The quantitative estimate of drug-likeness (QED) is 0.456. The third kappa shape index (κ3) is 3.03. The average molecular weight is 377 g/mol. The Labute approximate surface area is 154 Å². The van der Waals surface area contributed by atoms with Crippen LogP contribution in [0.1, 0.15) is 37.7 Å². The highest BCUT2D eigenvalue weighted by Crippen LogP contribution is 2.46. The molecule has 1 aromatic carbocycles. The van der Waals surface area contributed by atoms with Gasteiger partial charge in [-0.3, -0.25) is 24.7 Å². The van der Waals surface area contributed by atoms with E-state index >= 15 is 0 Å². The Hall–Kier alpha value is -2.54. The number of non-ortho nitro benzene ring substituents is 1. The van der Waals surface area contributed by atoms with Crippen LogP contribution in [-0.4, -0.2) is 29.5 Å². The number of carbonyl (C=O) groups is 2. The van der Waals surface area contributed by atoms with Crippen LogP contribution >= 0.6 is 11.6 Å². The minimum atomic E-state index is -0.847. The molecule has 0 saturated carbocycles. The van der Waals surface area contributed by atoms with Crippen molar-refractivity contribution in [3.05, 3.63) is 50.2 Å². The van der Waals surface area contributed by atoms with Gasteiger partial charge in [-0.2, -0.15) is 0 Å². The summed E-state index contributed by atoms with van der Waals surface area (Å²) in [6.45, 7) is 1.70. The minimum Gasteiger partial charge on any atom is -0.468 e. The maximum atomic E-state index is 12.6. The number of nitro groups is 1. The van der Waals surface area contributed by atoms with E-state index in [1.54, 1.807) is 6.92 Å². The maximum Gasteiger partial charge on any atom is 0.315 e. The van der Waals surface area contributed by atoms with Gasteiger partial charge in [-0.15, -0.1) is 0 Å². The molecule has 1 aromatic rings. The van der Waals surface area contributed by atoms with Crippen LogP contribution in [0.2, 0.25) is 5.02 Å². The molecule has 136 valence electrons. The number of hydrogen-bond donors (Lipinski definition) is 0. The zero-order chi connectivity index (χ0) is 19.0. The molecule has 0 saturated heterocycles. The molecule has 3 rings (SSSR count). The molecule has 1 aliphatic heterocycles. The molecule has 7 nitrogen and oxygen atoms in total. The normalized spacial score (nSPS) is 22.6. The third-order valence-corrected chi connectivity index (χ3v) is 5.16. The number of carbonyl (C=O) groups excluding carboxylic acids is 2. The second kappa shape index (κ2) is 6.99. The van der Waals surface area contributed by atoms with E-state index in [1.165, 1.54) is 25.3 Å². The SMILES string of the molecule is COC(=O)C1C(C)=NC2=C(C(=O)CCC2)[C@@H]1c1cc([N+](=O)[O-])ccc1Cl. The Morgan fingerprint density at radius 3 is 2.77 bits per heavy atom. The van der Waals surface area contributed by atoms with E-state index in [4.69, 9.17) is 16.3 Å². The second-order valence-electron chi connectivity index (χ2n) is 6.33. The van der Waals surface area contributed by atoms with Gasteiger partial charge in [0.05, 0.1) is 12.0 Å². The third-order valence-electron chi connectivity index (χ3n) is 4.82. The fourth-order valence-electron chi connectivity index (χ4n) is 3.66. The molecule has 1 aliphatic carbocycles. The zero-order valence-corrected chi connectivity index (χ0v) is 15.1. The highest BCUT2D eigenvalue weighted by Gasteiger charge is 2.44. The van der Waals surface area contributed by atoms with Crippen LogP contribution in [-0.2, 0) is 14.3 Å². The summed E-state index contributed by atoms with van der Waals surface area (Å²) in [6.07, 6.45) is 1.66. The highest BCUT2D eigenvalue weighted by atomic mass is 35.5. The van der Waals surface area contributed by atoms with E-state index in [-0.39, 0.29) is 16.5 Å². The minimum absolute atomic E-state index is 0.107. The molecule has 8 heteroatoms. The van der Waals surface area contributed by atoms with Crippen LogP contribution in [0.4, 0.5) is 5.69 Å². The number of methoxy groups -OCH3 is 1. The molecule has 0 fully saturated rings. The molecule has 0 bridgehead atoms. The van der Waals surface area contributed by atoms with Gasteiger partial charge in [0.2, 0.25) is 0 Å². The lowest BCUT2D eigenvalue weighted by Gasteiger charge is -2.34. The maximum absolute atomic E-state index is 12.6. The molecular formula is C18H17ClN2O5. The van der Waals surface area contributed by atoms with Gasteiger partial charge in [0.15, 0.2) is 5.78 Å². The lowest BCUT2D eigenvalue weighted by atomic mass is 9.71. The Bertz CT molecular complexity index is 874. The van der Waals surface area contributed by atoms with Gasteiger partial charge >= 0.3 is 5.97 Å². The van der Waals surface area contributed by atoms with Crippen molar-refractivity contribution in [2.24, 2.45) is 10.9 Å². The summed E-state index contributed by atoms with van der Waals surface area (Å²) in [6, 6.07) is 4.03. The van der Waals surface area contributed by atoms with Crippen LogP contribution in [0, 0.1) is 16.0 Å². The van der Waals surface area contributed by atoms with E-state index in [9.17, 15) is 19.7 Å². The summed E-state index contributed by atoms with van der Waals surface area (Å²) < 4.78 is 4.91. The lowest BCUT2D eigenvalue weighted by Crippen LogP contribution is -2.37. The molecule has 26 heavy (non-hydrogen) atoms. The van der Waals surface area contributed by atoms with Gasteiger partial charge in [0, 0.05) is 46.5 Å². The Kier molecular flexibility index (Phi) is 4.91. The van der Waals surface area contributed by atoms with Crippen molar-refractivity contribution in [2.75, 3.05) is 7.11 Å². The lowest BCUT2D eigenvalue weighted by molar-refractivity contribution is -0.384. The Balaban J connectivity index is 2.25. The molecule has 2 atom stereocenters. The predicted molar refractivity (Wildman–Crippen MR) is 95.3 cm³/mol. The number of halogens is 1. The number of esters is 1. The highest BCUT2D eigenvalue weighted by molar-refractivity contribution is 6.31. The summed E-state index contributed by atoms with van der Waals surface area (Å²) in [5.74, 6) is -2.25. The molecule has 0 spiro atoms. The van der Waals surface area contributed by atoms with Gasteiger partial charge in [0.25, 0.3) is 5.69 Å². The number of ether oxygens (including phenoxy) is 1. The van der Waals surface area contributed by atoms with E-state index < -0.39 is 22.7 Å². The topological polar surface area (TPSA) is 98.9 Å². The van der Waals surface area contributed by atoms with Gasteiger partial charge in [-0.05, 0) is 31.4 Å². The van der Waals surface area contributed by atoms with Crippen LogP contribution in [0.15, 0.2) is 34.5 Å². The van der Waals surface area contributed by atoms with Crippen molar-refractivity contribution in [2.45, 2.75) is 32.1 Å². The molecule has 2 aliphatic rings. The van der Waals surface area contributed by atoms with E-state index in [0.717, 1.165) is 0 Å². The average Bonchev–Trinajstić information content (AvgIpc) is 2.60.